The number of benzene rings is 1. The highest BCUT2D eigenvalue weighted by molar-refractivity contribution is 7.11. The number of aliphatic imine (C=N–C) groups is 1. The number of amides is 2. The highest BCUT2D eigenvalue weighted by Gasteiger charge is 2.74. The molecule has 0 radical (unpaired) electrons. The molecule has 1 aromatic heterocycles. The standard InChI is InChI=1S/C32H38FN7O5S/c1-4-45-29(43)25-23(35-27(28-34-8-11-46-28)36-26(25)21-6-5-7-22(33)19(21)2)14-38-9-10-39-20(12-38)13-40(30(39)44)32-16-31(17-32,18-32)37(3)15-24(41)42/h5-8,11,20,26H,4,9-10,12-18H2,1-3H3,(H,35,36)(H,41,42). The van der Waals surface area contributed by atoms with Crippen molar-refractivity contribution in [3.05, 3.63) is 63.0 Å². The zero-order valence-corrected chi connectivity index (χ0v) is 27.0. The average Bonchev–Trinajstić information content (AvgIpc) is 3.61. The van der Waals surface area contributed by atoms with Gasteiger partial charge in [-0.1, -0.05) is 12.1 Å². The Morgan fingerprint density at radius 3 is 2.72 bits per heavy atom. The average molecular weight is 652 g/mol. The van der Waals surface area contributed by atoms with Gasteiger partial charge in [0.15, 0.2) is 10.8 Å². The number of thiazole rings is 1. The Morgan fingerprint density at radius 2 is 2.02 bits per heavy atom. The Bertz CT molecular complexity index is 1620. The lowest BCUT2D eigenvalue weighted by Gasteiger charge is -2.75. The van der Waals surface area contributed by atoms with Gasteiger partial charge < -0.3 is 25.0 Å². The number of aromatic nitrogens is 1. The minimum atomic E-state index is -0.841. The molecule has 2 N–H and O–H groups in total. The maximum atomic E-state index is 14.8. The third-order valence-electron chi connectivity index (χ3n) is 10.4. The maximum Gasteiger partial charge on any atom is 0.338 e. The van der Waals surface area contributed by atoms with Crippen LogP contribution in [0, 0.1) is 12.7 Å². The van der Waals surface area contributed by atoms with Crippen molar-refractivity contribution in [2.24, 2.45) is 4.99 Å². The summed E-state index contributed by atoms with van der Waals surface area (Å²) in [5, 5.41) is 15.1. The largest absolute Gasteiger partial charge is 0.480 e. The number of urea groups is 1. The van der Waals surface area contributed by atoms with Crippen molar-refractivity contribution in [2.75, 3.05) is 52.9 Å². The topological polar surface area (TPSA) is 131 Å². The molecule has 2 unspecified atom stereocenters. The molecule has 5 fully saturated rings. The van der Waals surface area contributed by atoms with E-state index in [4.69, 9.17) is 9.73 Å². The van der Waals surface area contributed by atoms with Gasteiger partial charge in [0.25, 0.3) is 0 Å². The van der Waals surface area contributed by atoms with Crippen molar-refractivity contribution < 1.29 is 28.6 Å². The number of fused-ring (bicyclic) bond motifs is 1. The second-order valence-electron chi connectivity index (χ2n) is 13.1. The quantitative estimate of drug-likeness (QED) is 0.373. The second kappa shape index (κ2) is 11.4. The SMILES string of the molecule is CCOC(=O)C1=C(CN2CCN3C(=O)N(C45CC(N(C)CC(=O)O)(C4)C5)CC3C2)NC(c2nccs2)=NC1c1cccc(F)c1C. The van der Waals surface area contributed by atoms with Crippen LogP contribution in [0.2, 0.25) is 0 Å². The molecule has 3 aliphatic heterocycles. The van der Waals surface area contributed by atoms with Crippen molar-refractivity contribution in [3.8, 4) is 0 Å². The number of nitrogens with zero attached hydrogens (tertiary/aromatic N) is 6. The van der Waals surface area contributed by atoms with E-state index in [2.05, 4.69) is 15.2 Å². The Labute approximate surface area is 270 Å². The Kier molecular flexibility index (Phi) is 7.64. The first kappa shape index (κ1) is 30.8. The molecule has 2 atom stereocenters. The number of likely N-dealkylation sites (N-methyl/N-ethyl adjacent to an activating group) is 1. The van der Waals surface area contributed by atoms with Crippen molar-refractivity contribution in [2.45, 2.75) is 56.3 Å². The summed E-state index contributed by atoms with van der Waals surface area (Å²) in [5.41, 5.74) is 1.66. The van der Waals surface area contributed by atoms with Gasteiger partial charge in [0.05, 0.1) is 30.3 Å². The summed E-state index contributed by atoms with van der Waals surface area (Å²) >= 11 is 1.42. The van der Waals surface area contributed by atoms with Crippen LogP contribution in [0.4, 0.5) is 9.18 Å². The summed E-state index contributed by atoms with van der Waals surface area (Å²) in [6, 6.07) is 4.08. The van der Waals surface area contributed by atoms with E-state index in [0.717, 1.165) is 19.3 Å². The fourth-order valence-electron chi connectivity index (χ4n) is 8.04. The summed E-state index contributed by atoms with van der Waals surface area (Å²) in [4.78, 5) is 55.9. The molecule has 12 nitrogen and oxygen atoms in total. The molecule has 2 amide bonds. The van der Waals surface area contributed by atoms with Crippen LogP contribution in [-0.2, 0) is 14.3 Å². The fourth-order valence-corrected chi connectivity index (χ4v) is 8.63. The van der Waals surface area contributed by atoms with E-state index < -0.39 is 18.0 Å². The van der Waals surface area contributed by atoms with Crippen molar-refractivity contribution in [1.82, 2.24) is 29.9 Å². The highest BCUT2D eigenvalue weighted by atomic mass is 32.1. The van der Waals surface area contributed by atoms with E-state index in [1.54, 1.807) is 32.2 Å². The number of carbonyl (C=O) groups excluding carboxylic acids is 2. The summed E-state index contributed by atoms with van der Waals surface area (Å²) in [7, 11) is 1.85. The van der Waals surface area contributed by atoms with E-state index in [1.165, 1.54) is 17.4 Å². The Hall–Kier alpha value is -3.88. The molecule has 3 aliphatic carbocycles. The van der Waals surface area contributed by atoms with E-state index in [0.29, 0.717) is 66.0 Å². The number of carbonyl (C=O) groups is 3. The molecular weight excluding hydrogens is 613 g/mol. The molecule has 46 heavy (non-hydrogen) atoms. The van der Waals surface area contributed by atoms with E-state index in [9.17, 15) is 23.9 Å². The van der Waals surface area contributed by atoms with Gasteiger partial charge >= 0.3 is 18.0 Å². The van der Waals surface area contributed by atoms with Crippen LogP contribution in [0.3, 0.4) is 0 Å². The van der Waals surface area contributed by atoms with Crippen LogP contribution in [0.15, 0.2) is 46.0 Å². The lowest BCUT2D eigenvalue weighted by Crippen LogP contribution is -2.83. The number of nitrogens with one attached hydrogen (secondary N) is 1. The number of hydrogen-bond acceptors (Lipinski definition) is 10. The number of ether oxygens (including phenoxy) is 1. The summed E-state index contributed by atoms with van der Waals surface area (Å²) in [6.45, 7) is 6.41. The minimum absolute atomic E-state index is 0.0000180. The molecule has 2 bridgehead atoms. The maximum absolute atomic E-state index is 14.8. The molecule has 244 valence electrons. The molecule has 3 saturated carbocycles. The van der Waals surface area contributed by atoms with Crippen LogP contribution in [0.25, 0.3) is 0 Å². The van der Waals surface area contributed by atoms with Gasteiger partial charge in [-0.3, -0.25) is 19.6 Å². The van der Waals surface area contributed by atoms with Gasteiger partial charge in [-0.05, 0) is 57.4 Å². The predicted octanol–water partition coefficient (Wildman–Crippen LogP) is 2.61. The van der Waals surface area contributed by atoms with Gasteiger partial charge in [-0.25, -0.2) is 19.0 Å². The number of halogens is 1. The lowest BCUT2D eigenvalue weighted by molar-refractivity contribution is -0.211. The van der Waals surface area contributed by atoms with Gasteiger partial charge in [-0.2, -0.15) is 0 Å². The molecular formula is C32H38FN7O5S. The first-order valence-electron chi connectivity index (χ1n) is 15.7. The van der Waals surface area contributed by atoms with E-state index in [-0.39, 0.29) is 42.1 Å². The molecule has 1 aromatic carbocycles. The molecule has 14 heteroatoms. The number of esters is 1. The van der Waals surface area contributed by atoms with Crippen LogP contribution in [0.5, 0.6) is 0 Å². The number of carboxylic acid groups (broad SMARTS) is 1. The molecule has 2 saturated heterocycles. The minimum Gasteiger partial charge on any atom is -0.480 e. The first-order valence-corrected chi connectivity index (χ1v) is 16.6. The lowest BCUT2D eigenvalue weighted by atomic mass is 9.43. The van der Waals surface area contributed by atoms with E-state index >= 15 is 0 Å². The molecule has 0 spiro atoms. The van der Waals surface area contributed by atoms with E-state index in [1.807, 2.05) is 27.1 Å². The van der Waals surface area contributed by atoms with Crippen molar-refractivity contribution >= 4 is 35.1 Å². The Morgan fingerprint density at radius 1 is 1.24 bits per heavy atom. The first-order chi connectivity index (χ1) is 22.0. The molecule has 2 aromatic rings. The van der Waals surface area contributed by atoms with Gasteiger partial charge in [-0.15, -0.1) is 11.3 Å². The summed E-state index contributed by atoms with van der Waals surface area (Å²) in [5.74, 6) is -1.21. The highest BCUT2D eigenvalue weighted by Crippen LogP contribution is 2.66. The number of rotatable bonds is 10. The van der Waals surface area contributed by atoms with Crippen LogP contribution in [0.1, 0.15) is 48.4 Å². The number of aliphatic carboxylic acids is 1. The molecule has 6 aliphatic rings. The predicted molar refractivity (Wildman–Crippen MR) is 168 cm³/mol. The number of hydrogen-bond donors (Lipinski definition) is 2. The normalized spacial score (nSPS) is 28.8. The van der Waals surface area contributed by atoms with Crippen LogP contribution >= 0.6 is 11.3 Å². The molecule has 4 heterocycles. The Balaban J connectivity index is 1.13. The zero-order valence-electron chi connectivity index (χ0n) is 26.2. The number of carboxylic acids is 1. The smallest absolute Gasteiger partial charge is 0.338 e. The number of amidine groups is 1. The van der Waals surface area contributed by atoms with Gasteiger partial charge in [0, 0.05) is 55.5 Å². The van der Waals surface area contributed by atoms with Crippen molar-refractivity contribution in [1.29, 1.82) is 0 Å². The summed E-state index contributed by atoms with van der Waals surface area (Å²) < 4.78 is 20.3. The third kappa shape index (κ3) is 4.97. The third-order valence-corrected chi connectivity index (χ3v) is 11.2. The molecule has 8 rings (SSSR count). The van der Waals surface area contributed by atoms with Crippen LogP contribution in [-0.4, -0.2) is 124 Å². The van der Waals surface area contributed by atoms with Gasteiger partial charge in [0.2, 0.25) is 0 Å². The summed E-state index contributed by atoms with van der Waals surface area (Å²) in [6.07, 6.45) is 4.11. The monoisotopic (exact) mass is 651 g/mol. The zero-order chi connectivity index (χ0) is 32.4. The fraction of sp³-hybridized carbons (Fsp3) is 0.531. The second-order valence-corrected chi connectivity index (χ2v) is 14.0. The van der Waals surface area contributed by atoms with Gasteiger partial charge in [0.1, 0.15) is 11.9 Å². The van der Waals surface area contributed by atoms with Crippen molar-refractivity contribution in [3.63, 3.8) is 0 Å². The van der Waals surface area contributed by atoms with Crippen LogP contribution < -0.4 is 5.32 Å². The number of piperazine rings is 1.